The second-order valence-electron chi connectivity index (χ2n) is 4.42. The zero-order valence-corrected chi connectivity index (χ0v) is 11.0. The Bertz CT molecular complexity index is 537. The van der Waals surface area contributed by atoms with Crippen LogP contribution in [-0.2, 0) is 24.7 Å². The monoisotopic (exact) mass is 256 g/mol. The van der Waals surface area contributed by atoms with E-state index < -0.39 is 0 Å². The van der Waals surface area contributed by atoms with E-state index in [2.05, 4.69) is 29.1 Å². The Morgan fingerprint density at radius 3 is 2.58 bits per heavy atom. The zero-order chi connectivity index (χ0) is 13.5. The number of hydrazine groups is 1. The van der Waals surface area contributed by atoms with Crippen LogP contribution < -0.4 is 15.4 Å². The number of hydrogen-bond donors (Lipinski definition) is 2. The summed E-state index contributed by atoms with van der Waals surface area (Å²) < 4.78 is 2.02. The molecule has 1 aromatic heterocycles. The van der Waals surface area contributed by atoms with E-state index in [9.17, 15) is 4.79 Å². The van der Waals surface area contributed by atoms with E-state index >= 15 is 0 Å². The number of nitrogens with zero attached hydrogens (tertiary/aromatic N) is 1. The number of carbonyl (C=O) groups excluding carboxylic acids is 1. The van der Waals surface area contributed by atoms with Crippen molar-refractivity contribution in [2.24, 2.45) is 7.05 Å². The SMILES string of the molecule is C[n+]1ccc(CCc2ccccc2NNC=O)cc1. The molecule has 0 saturated carbocycles. The lowest BCUT2D eigenvalue weighted by atomic mass is 10.0. The van der Waals surface area contributed by atoms with Crippen LogP contribution in [0, 0.1) is 0 Å². The molecule has 0 saturated heterocycles. The molecule has 1 amide bonds. The Morgan fingerprint density at radius 1 is 1.11 bits per heavy atom. The molecule has 2 aromatic rings. The van der Waals surface area contributed by atoms with Crippen molar-refractivity contribution >= 4 is 12.1 Å². The summed E-state index contributed by atoms with van der Waals surface area (Å²) in [5.41, 5.74) is 8.79. The second-order valence-corrected chi connectivity index (χ2v) is 4.42. The first kappa shape index (κ1) is 13.1. The third-order valence-electron chi connectivity index (χ3n) is 3.01. The number of benzene rings is 1. The smallest absolute Gasteiger partial charge is 0.225 e. The third-order valence-corrected chi connectivity index (χ3v) is 3.01. The van der Waals surface area contributed by atoms with Gasteiger partial charge in [-0.2, -0.15) is 0 Å². The molecule has 0 radical (unpaired) electrons. The molecule has 0 unspecified atom stereocenters. The first-order valence-electron chi connectivity index (χ1n) is 6.27. The van der Waals surface area contributed by atoms with Crippen molar-refractivity contribution in [1.29, 1.82) is 0 Å². The molecule has 4 heteroatoms. The highest BCUT2D eigenvalue weighted by Crippen LogP contribution is 2.16. The van der Waals surface area contributed by atoms with Crippen LogP contribution in [0.2, 0.25) is 0 Å². The number of carbonyl (C=O) groups is 1. The Kier molecular flexibility index (Phi) is 4.50. The summed E-state index contributed by atoms with van der Waals surface area (Å²) in [5.74, 6) is 0. The van der Waals surface area contributed by atoms with Gasteiger partial charge in [0, 0.05) is 12.1 Å². The van der Waals surface area contributed by atoms with Crippen LogP contribution in [0.3, 0.4) is 0 Å². The van der Waals surface area contributed by atoms with Gasteiger partial charge in [0.1, 0.15) is 7.05 Å². The fourth-order valence-corrected chi connectivity index (χ4v) is 1.95. The molecule has 0 spiro atoms. The maximum Gasteiger partial charge on any atom is 0.225 e. The van der Waals surface area contributed by atoms with Gasteiger partial charge in [0.2, 0.25) is 6.41 Å². The normalized spacial score (nSPS) is 9.95. The van der Waals surface area contributed by atoms with Gasteiger partial charge in [-0.25, -0.2) is 4.57 Å². The molecule has 0 aliphatic carbocycles. The van der Waals surface area contributed by atoms with Gasteiger partial charge < -0.3 is 0 Å². The molecule has 0 fully saturated rings. The van der Waals surface area contributed by atoms with Gasteiger partial charge in [-0.15, -0.1) is 0 Å². The number of anilines is 1. The molecule has 19 heavy (non-hydrogen) atoms. The molecule has 0 atom stereocenters. The van der Waals surface area contributed by atoms with E-state index in [0.717, 1.165) is 18.5 Å². The lowest BCUT2D eigenvalue weighted by Crippen LogP contribution is -2.26. The number of hydrogen-bond acceptors (Lipinski definition) is 2. The summed E-state index contributed by atoms with van der Waals surface area (Å²) >= 11 is 0. The van der Waals surface area contributed by atoms with Crippen LogP contribution in [0.15, 0.2) is 48.8 Å². The van der Waals surface area contributed by atoms with Gasteiger partial charge in [-0.3, -0.25) is 15.6 Å². The van der Waals surface area contributed by atoms with Gasteiger partial charge in [0.15, 0.2) is 12.4 Å². The van der Waals surface area contributed by atoms with Gasteiger partial charge >= 0.3 is 0 Å². The molecule has 1 heterocycles. The van der Waals surface area contributed by atoms with E-state index in [0.29, 0.717) is 6.41 Å². The first-order chi connectivity index (χ1) is 9.29. The molecule has 2 rings (SSSR count). The zero-order valence-electron chi connectivity index (χ0n) is 11.0. The molecule has 0 aliphatic heterocycles. The molecule has 0 aliphatic rings. The fraction of sp³-hybridized carbons (Fsp3) is 0.200. The third kappa shape index (κ3) is 3.81. The lowest BCUT2D eigenvalue weighted by Gasteiger charge is -2.10. The highest BCUT2D eigenvalue weighted by atomic mass is 16.1. The van der Waals surface area contributed by atoms with Gasteiger partial charge in [-0.1, -0.05) is 18.2 Å². The van der Waals surface area contributed by atoms with Crippen molar-refractivity contribution in [3.8, 4) is 0 Å². The van der Waals surface area contributed by atoms with Crippen LogP contribution >= 0.6 is 0 Å². The predicted octanol–water partition coefficient (Wildman–Crippen LogP) is 1.37. The average Bonchev–Trinajstić information content (AvgIpc) is 2.45. The topological polar surface area (TPSA) is 45.0 Å². The minimum atomic E-state index is 0.633. The Morgan fingerprint density at radius 2 is 1.84 bits per heavy atom. The van der Waals surface area contributed by atoms with Crippen molar-refractivity contribution in [1.82, 2.24) is 5.43 Å². The van der Waals surface area contributed by atoms with Crippen molar-refractivity contribution in [2.75, 3.05) is 5.43 Å². The summed E-state index contributed by atoms with van der Waals surface area (Å²) in [5, 5.41) is 0. The maximum absolute atomic E-state index is 10.3. The molecule has 0 bridgehead atoms. The number of para-hydroxylation sites is 1. The molecule has 98 valence electrons. The van der Waals surface area contributed by atoms with Crippen LogP contribution in [0.1, 0.15) is 11.1 Å². The highest BCUT2D eigenvalue weighted by molar-refractivity contribution is 5.56. The van der Waals surface area contributed by atoms with E-state index in [1.807, 2.05) is 42.2 Å². The number of amides is 1. The highest BCUT2D eigenvalue weighted by Gasteiger charge is 2.02. The Balaban J connectivity index is 2.02. The Hall–Kier alpha value is -2.36. The summed E-state index contributed by atoms with van der Waals surface area (Å²) in [6, 6.07) is 12.2. The predicted molar refractivity (Wildman–Crippen MR) is 74.3 cm³/mol. The van der Waals surface area contributed by atoms with Gasteiger partial charge in [-0.05, 0) is 30.0 Å². The molecule has 4 nitrogen and oxygen atoms in total. The number of aryl methyl sites for hydroxylation is 3. The lowest BCUT2D eigenvalue weighted by molar-refractivity contribution is -0.671. The van der Waals surface area contributed by atoms with E-state index in [1.165, 1.54) is 11.1 Å². The number of nitrogens with one attached hydrogen (secondary N) is 2. The van der Waals surface area contributed by atoms with Crippen LogP contribution in [-0.4, -0.2) is 6.41 Å². The fourth-order valence-electron chi connectivity index (χ4n) is 1.95. The second kappa shape index (κ2) is 6.54. The molecule has 2 N–H and O–H groups in total. The van der Waals surface area contributed by atoms with Crippen molar-refractivity contribution in [3.63, 3.8) is 0 Å². The van der Waals surface area contributed by atoms with Crippen LogP contribution in [0.25, 0.3) is 0 Å². The quantitative estimate of drug-likeness (QED) is 0.466. The summed E-state index contributed by atoms with van der Waals surface area (Å²) in [7, 11) is 2.01. The minimum absolute atomic E-state index is 0.633. The molecular weight excluding hydrogens is 238 g/mol. The van der Waals surface area contributed by atoms with Crippen molar-refractivity contribution < 1.29 is 9.36 Å². The summed E-state index contributed by atoms with van der Waals surface area (Å²) in [6.45, 7) is 0. The average molecular weight is 256 g/mol. The standard InChI is InChI=1S/C15H17N3O/c1-18-10-8-13(9-11-18)6-7-14-4-2-3-5-15(14)17-16-12-19/h2-5,8-12,17H,6-7H2,1H3/p+1. The van der Waals surface area contributed by atoms with Crippen molar-refractivity contribution in [2.45, 2.75) is 12.8 Å². The maximum atomic E-state index is 10.3. The molecular formula is C15H18N3O+. The van der Waals surface area contributed by atoms with Gasteiger partial charge in [0.25, 0.3) is 0 Å². The number of aromatic nitrogens is 1. The van der Waals surface area contributed by atoms with Gasteiger partial charge in [0.05, 0.1) is 5.69 Å². The number of rotatable bonds is 6. The van der Waals surface area contributed by atoms with Crippen LogP contribution in [0.4, 0.5) is 5.69 Å². The number of pyridine rings is 1. The molecule has 1 aromatic carbocycles. The van der Waals surface area contributed by atoms with E-state index in [4.69, 9.17) is 0 Å². The van der Waals surface area contributed by atoms with E-state index in [1.54, 1.807) is 0 Å². The summed E-state index contributed by atoms with van der Waals surface area (Å²) in [6.07, 6.45) is 6.63. The van der Waals surface area contributed by atoms with Crippen molar-refractivity contribution in [3.05, 3.63) is 59.9 Å². The Labute approximate surface area is 113 Å². The summed E-state index contributed by atoms with van der Waals surface area (Å²) in [4.78, 5) is 10.3. The minimum Gasteiger partial charge on any atom is -0.299 e. The van der Waals surface area contributed by atoms with E-state index in [-0.39, 0.29) is 0 Å². The first-order valence-corrected chi connectivity index (χ1v) is 6.27. The van der Waals surface area contributed by atoms with Crippen LogP contribution in [0.5, 0.6) is 0 Å². The largest absolute Gasteiger partial charge is 0.299 e.